The summed E-state index contributed by atoms with van der Waals surface area (Å²) in [6, 6.07) is 3.49. The highest BCUT2D eigenvalue weighted by atomic mass is 79.9. The lowest BCUT2D eigenvalue weighted by Crippen LogP contribution is -2.13. The monoisotopic (exact) mass is 365 g/mol. The maximum atomic E-state index is 13.5. The van der Waals surface area contributed by atoms with Gasteiger partial charge in [0.05, 0.1) is 0 Å². The molecule has 0 amide bonds. The molecule has 110 valence electrons. The van der Waals surface area contributed by atoms with Crippen LogP contribution in [0.3, 0.4) is 0 Å². The minimum Gasteiger partial charge on any atom is -0.398 e. The van der Waals surface area contributed by atoms with Gasteiger partial charge in [0.25, 0.3) is 0 Å². The van der Waals surface area contributed by atoms with Crippen molar-refractivity contribution in [2.45, 2.75) is 0 Å². The first-order chi connectivity index (χ1) is 9.75. The topological polar surface area (TPSA) is 43.1 Å². The molecule has 0 saturated carbocycles. The molecule has 0 aliphatic carbocycles. The number of rotatable bonds is 2. The van der Waals surface area contributed by atoms with Crippen LogP contribution in [0.4, 0.5) is 27.6 Å². The first-order valence-electron chi connectivity index (χ1n) is 5.36. The van der Waals surface area contributed by atoms with Crippen LogP contribution in [0, 0.1) is 29.1 Å². The number of carbonyl (C=O) groups is 1. The third-order valence-corrected chi connectivity index (χ3v) is 3.39. The Morgan fingerprint density at radius 2 is 1.38 bits per heavy atom. The van der Waals surface area contributed by atoms with Gasteiger partial charge in [-0.3, -0.25) is 4.79 Å². The summed E-state index contributed by atoms with van der Waals surface area (Å²) in [7, 11) is 0. The number of ketones is 1. The molecule has 2 N–H and O–H groups in total. The Hall–Kier alpha value is -1.96. The molecule has 2 aromatic rings. The Labute approximate surface area is 123 Å². The molecule has 21 heavy (non-hydrogen) atoms. The highest BCUT2D eigenvalue weighted by Gasteiger charge is 2.30. The molecule has 8 heteroatoms. The van der Waals surface area contributed by atoms with Gasteiger partial charge in [-0.05, 0) is 34.1 Å². The summed E-state index contributed by atoms with van der Waals surface area (Å²) in [6.45, 7) is 0. The van der Waals surface area contributed by atoms with Gasteiger partial charge in [-0.15, -0.1) is 0 Å². The lowest BCUT2D eigenvalue weighted by atomic mass is 10.0. The highest BCUT2D eigenvalue weighted by Crippen LogP contribution is 2.27. The average molecular weight is 366 g/mol. The Morgan fingerprint density at radius 3 is 1.86 bits per heavy atom. The van der Waals surface area contributed by atoms with Crippen LogP contribution in [-0.2, 0) is 0 Å². The predicted octanol–water partition coefficient (Wildman–Crippen LogP) is 3.96. The smallest absolute Gasteiger partial charge is 0.200 e. The van der Waals surface area contributed by atoms with Gasteiger partial charge >= 0.3 is 0 Å². The molecule has 0 radical (unpaired) electrons. The second-order valence-electron chi connectivity index (χ2n) is 4.01. The summed E-state index contributed by atoms with van der Waals surface area (Å²) >= 11 is 2.99. The summed E-state index contributed by atoms with van der Waals surface area (Å²) in [4.78, 5) is 12.0. The van der Waals surface area contributed by atoms with E-state index in [1.807, 2.05) is 0 Å². The highest BCUT2D eigenvalue weighted by molar-refractivity contribution is 9.10. The molecule has 0 bridgehead atoms. The van der Waals surface area contributed by atoms with E-state index < -0.39 is 40.4 Å². The van der Waals surface area contributed by atoms with E-state index in [0.29, 0.717) is 0 Å². The zero-order valence-electron chi connectivity index (χ0n) is 9.99. The van der Waals surface area contributed by atoms with Crippen LogP contribution in [0.5, 0.6) is 0 Å². The van der Waals surface area contributed by atoms with Gasteiger partial charge in [-0.25, -0.2) is 22.0 Å². The summed E-state index contributed by atoms with van der Waals surface area (Å²) in [5.74, 6) is -12.4. The number of carbonyl (C=O) groups excluding carboxylic acids is 1. The first kappa shape index (κ1) is 15.4. The van der Waals surface area contributed by atoms with Crippen molar-refractivity contribution < 1.29 is 26.7 Å². The molecule has 2 aromatic carbocycles. The van der Waals surface area contributed by atoms with Crippen LogP contribution in [0.15, 0.2) is 22.7 Å². The second kappa shape index (κ2) is 5.44. The van der Waals surface area contributed by atoms with Gasteiger partial charge in [0.15, 0.2) is 29.1 Å². The van der Waals surface area contributed by atoms with Crippen molar-refractivity contribution in [1.82, 2.24) is 0 Å². The maximum absolute atomic E-state index is 13.5. The second-order valence-corrected chi connectivity index (χ2v) is 4.86. The van der Waals surface area contributed by atoms with Crippen molar-refractivity contribution >= 4 is 27.4 Å². The molecule has 2 rings (SSSR count). The Kier molecular flexibility index (Phi) is 3.99. The molecular weight excluding hydrogens is 361 g/mol. The third kappa shape index (κ3) is 2.51. The molecule has 0 aliphatic heterocycles. The number of benzene rings is 2. The lowest BCUT2D eigenvalue weighted by Gasteiger charge is -2.08. The van der Waals surface area contributed by atoms with Crippen molar-refractivity contribution in [2.24, 2.45) is 0 Å². The maximum Gasteiger partial charge on any atom is 0.200 e. The molecule has 0 saturated heterocycles. The Morgan fingerprint density at radius 1 is 0.905 bits per heavy atom. The fourth-order valence-corrected chi connectivity index (χ4v) is 2.00. The fraction of sp³-hybridized carbons (Fsp3) is 0. The normalized spacial score (nSPS) is 10.8. The fourth-order valence-electron chi connectivity index (χ4n) is 1.62. The van der Waals surface area contributed by atoms with Crippen molar-refractivity contribution in [3.8, 4) is 0 Å². The van der Waals surface area contributed by atoms with Gasteiger partial charge in [0.2, 0.25) is 5.82 Å². The minimum atomic E-state index is -2.32. The number of nitrogens with two attached hydrogens (primary N) is 1. The van der Waals surface area contributed by atoms with Crippen LogP contribution in [0.2, 0.25) is 0 Å². The zero-order valence-corrected chi connectivity index (χ0v) is 11.6. The van der Waals surface area contributed by atoms with E-state index in [4.69, 9.17) is 5.73 Å². The van der Waals surface area contributed by atoms with E-state index in [1.54, 1.807) is 0 Å². The Balaban J connectivity index is 2.66. The quantitative estimate of drug-likeness (QED) is 0.288. The lowest BCUT2D eigenvalue weighted by molar-refractivity contribution is 0.102. The minimum absolute atomic E-state index is 0.240. The average Bonchev–Trinajstić information content (AvgIpc) is 2.46. The van der Waals surface area contributed by atoms with Crippen molar-refractivity contribution in [3.05, 3.63) is 62.9 Å². The summed E-state index contributed by atoms with van der Waals surface area (Å²) in [5.41, 5.74) is 3.93. The SMILES string of the molecule is Nc1ccc(C(=O)c2c(F)c(F)c(F)c(F)c2F)cc1Br. The van der Waals surface area contributed by atoms with Crippen LogP contribution in [0.1, 0.15) is 15.9 Å². The van der Waals surface area contributed by atoms with Crippen molar-refractivity contribution in [1.29, 1.82) is 0 Å². The van der Waals surface area contributed by atoms with Crippen LogP contribution < -0.4 is 5.73 Å². The molecule has 0 unspecified atom stereocenters. The van der Waals surface area contributed by atoms with Gasteiger partial charge in [0.1, 0.15) is 5.56 Å². The zero-order chi connectivity index (χ0) is 15.9. The molecule has 0 atom stereocenters. The summed E-state index contributed by atoms with van der Waals surface area (Å²) in [6.07, 6.45) is 0. The van der Waals surface area contributed by atoms with Gasteiger partial charge in [-0.2, -0.15) is 0 Å². The van der Waals surface area contributed by atoms with Crippen molar-refractivity contribution in [2.75, 3.05) is 5.73 Å². The molecular formula is C13H5BrF5NO. The molecule has 0 aliphatic rings. The molecule has 0 aromatic heterocycles. The number of halogens is 6. The van der Waals surface area contributed by atoms with E-state index in [-0.39, 0.29) is 15.7 Å². The van der Waals surface area contributed by atoms with Crippen LogP contribution in [0.25, 0.3) is 0 Å². The standard InChI is InChI=1S/C13H5BrF5NO/c14-5-3-4(1-2-6(5)20)13(21)7-8(15)10(17)12(19)11(18)9(7)16/h1-3H,20H2. The van der Waals surface area contributed by atoms with E-state index in [1.165, 1.54) is 6.07 Å². The number of anilines is 1. The number of hydrogen-bond donors (Lipinski definition) is 1. The summed E-state index contributed by atoms with van der Waals surface area (Å²) < 4.78 is 66.4. The Bertz CT molecular complexity index is 734. The van der Waals surface area contributed by atoms with E-state index in [0.717, 1.165) is 12.1 Å². The van der Waals surface area contributed by atoms with E-state index in [9.17, 15) is 26.7 Å². The van der Waals surface area contributed by atoms with E-state index >= 15 is 0 Å². The van der Waals surface area contributed by atoms with Gasteiger partial charge in [0, 0.05) is 15.7 Å². The molecule has 0 fully saturated rings. The molecule has 0 spiro atoms. The van der Waals surface area contributed by atoms with Gasteiger partial charge in [-0.1, -0.05) is 0 Å². The van der Waals surface area contributed by atoms with Crippen LogP contribution >= 0.6 is 15.9 Å². The largest absolute Gasteiger partial charge is 0.398 e. The van der Waals surface area contributed by atoms with Gasteiger partial charge < -0.3 is 5.73 Å². The van der Waals surface area contributed by atoms with Crippen LogP contribution in [-0.4, -0.2) is 5.78 Å². The summed E-state index contributed by atoms with van der Waals surface area (Å²) in [5, 5.41) is 0. The van der Waals surface area contributed by atoms with E-state index in [2.05, 4.69) is 15.9 Å². The first-order valence-corrected chi connectivity index (χ1v) is 6.16. The number of nitrogen functional groups attached to an aromatic ring is 1. The number of hydrogen-bond acceptors (Lipinski definition) is 2. The van der Waals surface area contributed by atoms with Crippen molar-refractivity contribution in [3.63, 3.8) is 0 Å². The third-order valence-electron chi connectivity index (χ3n) is 2.70. The molecule has 0 heterocycles. The predicted molar refractivity (Wildman–Crippen MR) is 68.2 cm³/mol. The molecule has 2 nitrogen and oxygen atoms in total.